The molecule has 0 aliphatic rings. The Kier molecular flexibility index (Phi) is 8.68. The van der Waals surface area contributed by atoms with Crippen molar-refractivity contribution >= 4 is 21.9 Å². The van der Waals surface area contributed by atoms with Gasteiger partial charge in [-0.25, -0.2) is 0 Å². The van der Waals surface area contributed by atoms with Gasteiger partial charge in [0.25, 0.3) is 0 Å². The summed E-state index contributed by atoms with van der Waals surface area (Å²) in [6.45, 7) is -6.33. The van der Waals surface area contributed by atoms with Gasteiger partial charge in [-0.3, -0.25) is 9.59 Å². The molecule has 48 heavy (non-hydrogen) atoms. The maximum Gasteiger partial charge on any atom is 0.387 e. The molecular formula is C35H24F4O9. The average Bonchev–Trinajstić information content (AvgIpc) is 3.06. The average molecular weight is 665 g/mol. The Bertz CT molecular complexity index is 2260. The highest BCUT2D eigenvalue weighted by Crippen LogP contribution is 2.48. The normalized spacial score (nSPS) is 11.4. The van der Waals surface area contributed by atoms with Crippen molar-refractivity contribution in [1.29, 1.82) is 0 Å². The molecule has 0 atom stereocenters. The summed E-state index contributed by atoms with van der Waals surface area (Å²) in [4.78, 5) is 26.6. The molecule has 0 unspecified atom stereocenters. The summed E-state index contributed by atoms with van der Waals surface area (Å²) in [5.41, 5.74) is -0.0714. The summed E-state index contributed by atoms with van der Waals surface area (Å²) in [7, 11) is 4.08. The number of hydrogen-bond donors (Lipinski definition) is 0. The van der Waals surface area contributed by atoms with E-state index in [-0.39, 0.29) is 61.9 Å². The summed E-state index contributed by atoms with van der Waals surface area (Å²) < 4.78 is 90.7. The van der Waals surface area contributed by atoms with Crippen molar-refractivity contribution in [3.05, 3.63) is 99.3 Å². The molecule has 2 heterocycles. The zero-order chi connectivity index (χ0) is 34.1. The Morgan fingerprint density at radius 2 is 1.23 bits per heavy atom. The van der Waals surface area contributed by atoms with Crippen LogP contribution in [0, 0.1) is 0 Å². The van der Waals surface area contributed by atoms with Crippen molar-refractivity contribution in [3.8, 4) is 62.5 Å². The van der Waals surface area contributed by atoms with E-state index in [2.05, 4.69) is 4.74 Å². The molecule has 4 aromatic carbocycles. The lowest BCUT2D eigenvalue weighted by atomic mass is 9.96. The van der Waals surface area contributed by atoms with Crippen LogP contribution in [0.3, 0.4) is 0 Å². The van der Waals surface area contributed by atoms with Crippen molar-refractivity contribution in [1.82, 2.24) is 0 Å². The summed E-state index contributed by atoms with van der Waals surface area (Å²) in [5.74, 6) is 0.112. The van der Waals surface area contributed by atoms with E-state index in [1.807, 2.05) is 0 Å². The van der Waals surface area contributed by atoms with Crippen LogP contribution in [0.2, 0.25) is 0 Å². The van der Waals surface area contributed by atoms with Crippen LogP contribution >= 0.6 is 0 Å². The molecule has 0 aliphatic carbocycles. The van der Waals surface area contributed by atoms with Gasteiger partial charge in [0.2, 0.25) is 0 Å². The number of halogens is 4. The standard InChI is InChI=1S/C35H24F4O9/c1-42-20-9-10-21-23(40)14-27(46-28(21)13-20)18-6-11-25(43-2)22(12-18)31-29(48-35(38)39)16-30-32(33(31)44-3)24(41)15-26(47-30)17-4-7-19(8-5-17)45-34(36)37/h4-16,34-35H,1-3H3. The predicted octanol–water partition coefficient (Wildman–Crippen LogP) is 8.13. The Morgan fingerprint density at radius 3 is 1.90 bits per heavy atom. The molecule has 0 fully saturated rings. The zero-order valence-corrected chi connectivity index (χ0v) is 25.3. The molecule has 6 aromatic rings. The largest absolute Gasteiger partial charge is 0.497 e. The van der Waals surface area contributed by atoms with Crippen LogP contribution in [0.4, 0.5) is 17.6 Å². The quantitative estimate of drug-likeness (QED) is 0.134. The third-order valence-corrected chi connectivity index (χ3v) is 7.41. The van der Waals surface area contributed by atoms with Gasteiger partial charge in [-0.1, -0.05) is 0 Å². The fraction of sp³-hybridized carbons (Fsp3) is 0.143. The minimum Gasteiger partial charge on any atom is -0.497 e. The fourth-order valence-corrected chi connectivity index (χ4v) is 5.32. The number of hydrogen-bond acceptors (Lipinski definition) is 9. The van der Waals surface area contributed by atoms with Crippen LogP contribution in [0.1, 0.15) is 0 Å². The van der Waals surface area contributed by atoms with Crippen molar-refractivity contribution in [2.24, 2.45) is 0 Å². The molecule has 2 aromatic heterocycles. The number of fused-ring (bicyclic) bond motifs is 2. The van der Waals surface area contributed by atoms with Gasteiger partial charge in [0.15, 0.2) is 10.9 Å². The molecule has 0 N–H and O–H groups in total. The van der Waals surface area contributed by atoms with E-state index in [4.69, 9.17) is 27.8 Å². The first-order chi connectivity index (χ1) is 23.1. The van der Waals surface area contributed by atoms with E-state index in [0.29, 0.717) is 22.3 Å². The van der Waals surface area contributed by atoms with Gasteiger partial charge in [0.1, 0.15) is 56.8 Å². The Labute approximate surface area is 268 Å². The third kappa shape index (κ3) is 6.09. The van der Waals surface area contributed by atoms with Crippen LogP contribution in [0.15, 0.2) is 97.3 Å². The van der Waals surface area contributed by atoms with Crippen molar-refractivity contribution in [2.45, 2.75) is 13.2 Å². The lowest BCUT2D eigenvalue weighted by Gasteiger charge is -2.19. The molecule has 0 saturated heterocycles. The molecule has 0 amide bonds. The molecule has 246 valence electrons. The minimum absolute atomic E-state index is 0.0106. The van der Waals surface area contributed by atoms with Crippen LogP contribution < -0.4 is 34.5 Å². The van der Waals surface area contributed by atoms with Gasteiger partial charge < -0.3 is 32.5 Å². The lowest BCUT2D eigenvalue weighted by Crippen LogP contribution is -2.08. The molecule has 0 bridgehead atoms. The summed E-state index contributed by atoms with van der Waals surface area (Å²) in [6.07, 6.45) is 0. The highest BCUT2D eigenvalue weighted by atomic mass is 19.3. The summed E-state index contributed by atoms with van der Waals surface area (Å²) in [6, 6.07) is 18.3. The van der Waals surface area contributed by atoms with Gasteiger partial charge in [-0.05, 0) is 54.6 Å². The second-order valence-corrected chi connectivity index (χ2v) is 10.2. The Balaban J connectivity index is 1.56. The van der Waals surface area contributed by atoms with E-state index in [0.717, 1.165) is 12.1 Å². The SMILES string of the molecule is COc1ccc2c(=O)cc(-c3ccc(OC)c(-c4c(OC(F)F)cc5oc(-c6ccc(OC(F)F)cc6)cc(=O)c5c4OC)c3)oc2c1. The molecule has 0 saturated carbocycles. The Morgan fingerprint density at radius 1 is 0.583 bits per heavy atom. The van der Waals surface area contributed by atoms with Crippen LogP contribution in [0.25, 0.3) is 55.7 Å². The maximum absolute atomic E-state index is 13.9. The number of methoxy groups -OCH3 is 3. The molecular weight excluding hydrogens is 640 g/mol. The van der Waals surface area contributed by atoms with Gasteiger partial charge >= 0.3 is 13.2 Å². The van der Waals surface area contributed by atoms with Gasteiger partial charge in [0.05, 0.1) is 32.3 Å². The van der Waals surface area contributed by atoms with Gasteiger partial charge in [0, 0.05) is 41.0 Å². The number of rotatable bonds is 10. The summed E-state index contributed by atoms with van der Waals surface area (Å²) >= 11 is 0. The van der Waals surface area contributed by atoms with Crippen molar-refractivity contribution < 1.29 is 50.1 Å². The topological polar surface area (TPSA) is 107 Å². The van der Waals surface area contributed by atoms with Crippen molar-refractivity contribution in [3.63, 3.8) is 0 Å². The highest BCUT2D eigenvalue weighted by Gasteiger charge is 2.26. The van der Waals surface area contributed by atoms with E-state index in [1.165, 1.54) is 63.8 Å². The number of benzene rings is 4. The van der Waals surface area contributed by atoms with Crippen LogP contribution in [0.5, 0.6) is 28.7 Å². The Hall–Kier alpha value is -5.98. The number of ether oxygens (including phenoxy) is 5. The lowest BCUT2D eigenvalue weighted by molar-refractivity contribution is -0.0503. The van der Waals surface area contributed by atoms with Gasteiger partial charge in [-0.15, -0.1) is 0 Å². The van der Waals surface area contributed by atoms with Crippen molar-refractivity contribution in [2.75, 3.05) is 21.3 Å². The second kappa shape index (κ2) is 13.0. The first-order valence-corrected chi connectivity index (χ1v) is 14.1. The molecule has 0 aliphatic heterocycles. The highest BCUT2D eigenvalue weighted by molar-refractivity contribution is 5.98. The van der Waals surface area contributed by atoms with E-state index < -0.39 is 24.4 Å². The first-order valence-electron chi connectivity index (χ1n) is 14.1. The molecule has 0 spiro atoms. The fourth-order valence-electron chi connectivity index (χ4n) is 5.32. The van der Waals surface area contributed by atoms with E-state index >= 15 is 0 Å². The maximum atomic E-state index is 13.9. The first kappa shape index (κ1) is 32.0. The zero-order valence-electron chi connectivity index (χ0n) is 25.3. The van der Waals surface area contributed by atoms with E-state index in [1.54, 1.807) is 24.3 Å². The smallest absolute Gasteiger partial charge is 0.387 e. The predicted molar refractivity (Wildman–Crippen MR) is 168 cm³/mol. The molecule has 0 radical (unpaired) electrons. The van der Waals surface area contributed by atoms with Crippen LogP contribution in [-0.2, 0) is 0 Å². The monoisotopic (exact) mass is 664 g/mol. The van der Waals surface area contributed by atoms with Gasteiger partial charge in [-0.2, -0.15) is 17.6 Å². The molecule has 13 heteroatoms. The molecule has 6 rings (SSSR count). The molecule has 9 nitrogen and oxygen atoms in total. The second-order valence-electron chi connectivity index (χ2n) is 10.2. The minimum atomic E-state index is -3.30. The van der Waals surface area contributed by atoms with Crippen LogP contribution in [-0.4, -0.2) is 34.6 Å². The summed E-state index contributed by atoms with van der Waals surface area (Å²) in [5, 5.41) is 0.216. The van der Waals surface area contributed by atoms with E-state index in [9.17, 15) is 27.2 Å². The third-order valence-electron chi connectivity index (χ3n) is 7.41. The number of alkyl halides is 4.